The number of ether oxygens (including phenoxy) is 1. The summed E-state index contributed by atoms with van der Waals surface area (Å²) in [5.41, 5.74) is 5.90. The first-order valence-corrected chi connectivity index (χ1v) is 5.67. The van der Waals surface area contributed by atoms with Gasteiger partial charge in [-0.2, -0.15) is 0 Å². The van der Waals surface area contributed by atoms with Gasteiger partial charge >= 0.3 is 0 Å². The van der Waals surface area contributed by atoms with Crippen LogP contribution >= 0.6 is 0 Å². The molecule has 0 aromatic heterocycles. The van der Waals surface area contributed by atoms with Gasteiger partial charge in [-0.05, 0) is 18.2 Å². The van der Waals surface area contributed by atoms with Crippen LogP contribution in [0.1, 0.15) is 10.4 Å². The van der Waals surface area contributed by atoms with E-state index in [9.17, 15) is 14.3 Å². The molecule has 5 nitrogen and oxygen atoms in total. The molecule has 1 aliphatic heterocycles. The second kappa shape index (κ2) is 5.32. The quantitative estimate of drug-likeness (QED) is 0.741. The summed E-state index contributed by atoms with van der Waals surface area (Å²) in [7, 11) is 0. The second-order valence-electron chi connectivity index (χ2n) is 4.18. The lowest BCUT2D eigenvalue weighted by atomic mass is 10.1. The molecule has 18 heavy (non-hydrogen) atoms. The lowest BCUT2D eigenvalue weighted by Gasteiger charge is -2.34. The van der Waals surface area contributed by atoms with Crippen LogP contribution in [0.3, 0.4) is 0 Å². The Kier molecular flexibility index (Phi) is 3.78. The first kappa shape index (κ1) is 12.8. The Hall–Kier alpha value is -1.66. The number of morpholine rings is 1. The van der Waals surface area contributed by atoms with Gasteiger partial charge < -0.3 is 20.5 Å². The summed E-state index contributed by atoms with van der Waals surface area (Å²) < 4.78 is 18.4. The van der Waals surface area contributed by atoms with E-state index in [1.165, 1.54) is 11.0 Å². The van der Waals surface area contributed by atoms with Crippen LogP contribution in [0.5, 0.6) is 0 Å². The zero-order chi connectivity index (χ0) is 13.1. The third-order valence-corrected chi connectivity index (χ3v) is 2.87. The molecule has 1 aliphatic rings. The van der Waals surface area contributed by atoms with Crippen LogP contribution in [-0.2, 0) is 4.74 Å². The molecule has 1 heterocycles. The van der Waals surface area contributed by atoms with Crippen molar-refractivity contribution in [3.63, 3.8) is 0 Å². The van der Waals surface area contributed by atoms with Crippen molar-refractivity contribution in [2.24, 2.45) is 0 Å². The highest BCUT2D eigenvalue weighted by Crippen LogP contribution is 2.16. The van der Waals surface area contributed by atoms with Gasteiger partial charge in [0, 0.05) is 17.8 Å². The maximum absolute atomic E-state index is 13.2. The third kappa shape index (κ3) is 2.60. The average molecular weight is 254 g/mol. The fraction of sp³-hybridized carbons (Fsp3) is 0.417. The number of rotatable bonds is 2. The van der Waals surface area contributed by atoms with E-state index in [4.69, 9.17) is 10.5 Å². The zero-order valence-electron chi connectivity index (χ0n) is 9.80. The number of aliphatic hydroxyl groups is 1. The van der Waals surface area contributed by atoms with Gasteiger partial charge in [0.25, 0.3) is 5.91 Å². The smallest absolute Gasteiger partial charge is 0.254 e. The molecule has 0 saturated carbocycles. The molecule has 1 aromatic rings. The molecule has 1 atom stereocenters. The van der Waals surface area contributed by atoms with Crippen LogP contribution in [0.2, 0.25) is 0 Å². The molecule has 2 rings (SSSR count). The number of carbonyl (C=O) groups excluding carboxylic acids is 1. The number of nitrogens with two attached hydrogens (primary N) is 1. The molecule has 1 unspecified atom stereocenters. The Labute approximate surface area is 104 Å². The van der Waals surface area contributed by atoms with Crippen LogP contribution in [-0.4, -0.2) is 48.3 Å². The average Bonchev–Trinajstić information content (AvgIpc) is 2.36. The molecule has 1 amide bonds. The Morgan fingerprint density at radius 2 is 2.33 bits per heavy atom. The zero-order valence-corrected chi connectivity index (χ0v) is 9.80. The van der Waals surface area contributed by atoms with Gasteiger partial charge in [-0.25, -0.2) is 4.39 Å². The van der Waals surface area contributed by atoms with Crippen LogP contribution < -0.4 is 5.73 Å². The van der Waals surface area contributed by atoms with Crippen LogP contribution in [0.25, 0.3) is 0 Å². The molecule has 3 N–H and O–H groups in total. The van der Waals surface area contributed by atoms with E-state index in [1.54, 1.807) is 0 Å². The van der Waals surface area contributed by atoms with Crippen LogP contribution in [0.4, 0.5) is 10.1 Å². The number of hydrogen-bond donors (Lipinski definition) is 2. The fourth-order valence-electron chi connectivity index (χ4n) is 1.98. The summed E-state index contributed by atoms with van der Waals surface area (Å²) in [5, 5.41) is 9.19. The Morgan fingerprint density at radius 3 is 3.00 bits per heavy atom. The van der Waals surface area contributed by atoms with Crippen molar-refractivity contribution in [1.82, 2.24) is 4.90 Å². The molecule has 1 aromatic carbocycles. The van der Waals surface area contributed by atoms with Crippen molar-refractivity contribution >= 4 is 11.6 Å². The first-order chi connectivity index (χ1) is 8.61. The maximum Gasteiger partial charge on any atom is 0.254 e. The van der Waals surface area contributed by atoms with Crippen molar-refractivity contribution in [2.45, 2.75) is 6.04 Å². The van der Waals surface area contributed by atoms with Gasteiger partial charge in [0.2, 0.25) is 0 Å². The van der Waals surface area contributed by atoms with E-state index in [0.29, 0.717) is 13.2 Å². The van der Waals surface area contributed by atoms with Crippen molar-refractivity contribution in [2.75, 3.05) is 32.1 Å². The van der Waals surface area contributed by atoms with Crippen LogP contribution in [0, 0.1) is 5.82 Å². The minimum atomic E-state index is -0.549. The van der Waals surface area contributed by atoms with Gasteiger partial charge in [0.1, 0.15) is 5.82 Å². The van der Waals surface area contributed by atoms with Crippen molar-refractivity contribution in [1.29, 1.82) is 0 Å². The summed E-state index contributed by atoms with van der Waals surface area (Å²) in [6, 6.07) is 3.33. The molecular weight excluding hydrogens is 239 g/mol. The second-order valence-corrected chi connectivity index (χ2v) is 4.18. The number of amides is 1. The molecule has 0 radical (unpaired) electrons. The van der Waals surface area contributed by atoms with E-state index in [-0.39, 0.29) is 30.4 Å². The molecule has 1 fully saturated rings. The van der Waals surface area contributed by atoms with E-state index >= 15 is 0 Å². The molecular formula is C12H15FN2O3. The minimum Gasteiger partial charge on any atom is -0.399 e. The lowest BCUT2D eigenvalue weighted by molar-refractivity contribution is -0.0184. The standard InChI is InChI=1S/C12H15FN2O3/c13-9-3-8(4-10(14)5-9)12(17)15-1-2-18-7-11(15)6-16/h3-5,11,16H,1-2,6-7,14H2. The highest BCUT2D eigenvalue weighted by atomic mass is 19.1. The number of anilines is 1. The Bertz CT molecular complexity index is 433. The topological polar surface area (TPSA) is 75.8 Å². The molecule has 0 spiro atoms. The SMILES string of the molecule is Nc1cc(F)cc(C(=O)N2CCOCC2CO)c1. The Morgan fingerprint density at radius 1 is 1.56 bits per heavy atom. The van der Waals surface area contributed by atoms with Gasteiger partial charge in [0.05, 0.1) is 25.9 Å². The highest BCUT2D eigenvalue weighted by Gasteiger charge is 2.27. The lowest BCUT2D eigenvalue weighted by Crippen LogP contribution is -2.50. The Balaban J connectivity index is 2.23. The number of carbonyl (C=O) groups is 1. The minimum absolute atomic E-state index is 0.184. The predicted molar refractivity (Wildman–Crippen MR) is 63.5 cm³/mol. The van der Waals surface area contributed by atoms with E-state index in [0.717, 1.165) is 12.1 Å². The maximum atomic E-state index is 13.2. The van der Waals surface area contributed by atoms with Gasteiger partial charge in [0.15, 0.2) is 0 Å². The number of nitrogens with zero attached hydrogens (tertiary/aromatic N) is 1. The van der Waals surface area contributed by atoms with Gasteiger partial charge in [-0.15, -0.1) is 0 Å². The number of halogens is 1. The number of hydrogen-bond acceptors (Lipinski definition) is 4. The van der Waals surface area contributed by atoms with E-state index in [2.05, 4.69) is 0 Å². The molecule has 6 heteroatoms. The van der Waals surface area contributed by atoms with Gasteiger partial charge in [-0.1, -0.05) is 0 Å². The molecule has 1 saturated heterocycles. The van der Waals surface area contributed by atoms with Crippen molar-refractivity contribution < 1.29 is 19.0 Å². The molecule has 0 aliphatic carbocycles. The van der Waals surface area contributed by atoms with E-state index < -0.39 is 11.9 Å². The first-order valence-electron chi connectivity index (χ1n) is 5.67. The van der Waals surface area contributed by atoms with Gasteiger partial charge in [-0.3, -0.25) is 4.79 Å². The summed E-state index contributed by atoms with van der Waals surface area (Å²) in [6.45, 7) is 0.886. The molecule has 0 bridgehead atoms. The largest absolute Gasteiger partial charge is 0.399 e. The summed E-state index contributed by atoms with van der Waals surface area (Å²) in [4.78, 5) is 13.7. The van der Waals surface area contributed by atoms with E-state index in [1.807, 2.05) is 0 Å². The number of nitrogen functional groups attached to an aromatic ring is 1. The normalized spacial score (nSPS) is 19.9. The van der Waals surface area contributed by atoms with Crippen molar-refractivity contribution in [3.8, 4) is 0 Å². The number of benzene rings is 1. The summed E-state index contributed by atoms with van der Waals surface area (Å²) in [6.07, 6.45) is 0. The van der Waals surface area contributed by atoms with Crippen molar-refractivity contribution in [3.05, 3.63) is 29.6 Å². The highest BCUT2D eigenvalue weighted by molar-refractivity contribution is 5.95. The van der Waals surface area contributed by atoms with Crippen LogP contribution in [0.15, 0.2) is 18.2 Å². The predicted octanol–water partition coefficient (Wildman–Crippen LogP) is 0.241. The fourth-order valence-corrected chi connectivity index (χ4v) is 1.98. The summed E-state index contributed by atoms with van der Waals surface area (Å²) >= 11 is 0. The molecule has 98 valence electrons. The summed E-state index contributed by atoms with van der Waals surface area (Å²) in [5.74, 6) is -0.893. The monoisotopic (exact) mass is 254 g/mol. The number of aliphatic hydroxyl groups excluding tert-OH is 1. The third-order valence-electron chi connectivity index (χ3n) is 2.87.